The predicted molar refractivity (Wildman–Crippen MR) is 74.4 cm³/mol. The molecule has 0 aromatic heterocycles. The van der Waals surface area contributed by atoms with Crippen molar-refractivity contribution in [2.45, 2.75) is 33.2 Å². The summed E-state index contributed by atoms with van der Waals surface area (Å²) in [5.74, 6) is -1.36. The Labute approximate surface area is 117 Å². The van der Waals surface area contributed by atoms with Crippen molar-refractivity contribution < 1.29 is 14.7 Å². The SMILES string of the molecule is CC(C)(NC(=O)c1ccccc1Cl)C(C)(C)C(=O)O. The Hall–Kier alpha value is -1.55. The Morgan fingerprint density at radius 2 is 1.68 bits per heavy atom. The molecule has 1 aromatic rings. The Morgan fingerprint density at radius 1 is 1.16 bits per heavy atom. The lowest BCUT2D eigenvalue weighted by Gasteiger charge is -2.38. The van der Waals surface area contributed by atoms with Gasteiger partial charge in [0, 0.05) is 0 Å². The molecular formula is C14H18ClNO3. The lowest BCUT2D eigenvalue weighted by atomic mass is 9.74. The van der Waals surface area contributed by atoms with Crippen LogP contribution in [0.5, 0.6) is 0 Å². The molecule has 19 heavy (non-hydrogen) atoms. The standard InChI is InChI=1S/C14H18ClNO3/c1-13(2,12(18)19)14(3,4)16-11(17)9-7-5-6-8-10(9)15/h5-8H,1-4H3,(H,16,17)(H,18,19). The molecule has 0 aliphatic heterocycles. The highest BCUT2D eigenvalue weighted by atomic mass is 35.5. The van der Waals surface area contributed by atoms with Crippen LogP contribution in [0.4, 0.5) is 0 Å². The molecule has 0 atom stereocenters. The third kappa shape index (κ3) is 3.07. The number of nitrogens with one attached hydrogen (secondary N) is 1. The van der Waals surface area contributed by atoms with Crippen LogP contribution in [0.2, 0.25) is 5.02 Å². The van der Waals surface area contributed by atoms with Crippen molar-refractivity contribution in [1.29, 1.82) is 0 Å². The van der Waals surface area contributed by atoms with Crippen molar-refractivity contribution >= 4 is 23.5 Å². The van der Waals surface area contributed by atoms with Gasteiger partial charge in [-0.1, -0.05) is 23.7 Å². The maximum absolute atomic E-state index is 12.2. The van der Waals surface area contributed by atoms with Crippen molar-refractivity contribution in [3.05, 3.63) is 34.9 Å². The summed E-state index contributed by atoms with van der Waals surface area (Å²) in [6, 6.07) is 6.65. The number of hydrogen-bond donors (Lipinski definition) is 2. The number of hydrogen-bond acceptors (Lipinski definition) is 2. The molecule has 0 saturated carbocycles. The number of halogens is 1. The van der Waals surface area contributed by atoms with E-state index in [4.69, 9.17) is 11.6 Å². The maximum Gasteiger partial charge on any atom is 0.311 e. The second-order valence-electron chi connectivity index (χ2n) is 5.49. The molecule has 0 fully saturated rings. The average molecular weight is 284 g/mol. The van der Waals surface area contributed by atoms with Crippen LogP contribution in [0, 0.1) is 5.41 Å². The topological polar surface area (TPSA) is 66.4 Å². The molecule has 5 heteroatoms. The minimum atomic E-state index is -1.11. The third-order valence-electron chi connectivity index (χ3n) is 3.64. The van der Waals surface area contributed by atoms with E-state index in [9.17, 15) is 14.7 Å². The molecule has 1 aromatic carbocycles. The highest BCUT2D eigenvalue weighted by Crippen LogP contribution is 2.31. The fraction of sp³-hybridized carbons (Fsp3) is 0.429. The molecule has 1 rings (SSSR count). The molecule has 0 heterocycles. The molecule has 0 bridgehead atoms. The normalized spacial score (nSPS) is 12.1. The lowest BCUT2D eigenvalue weighted by molar-refractivity contribution is -0.150. The first kappa shape index (κ1) is 15.5. The van der Waals surface area contributed by atoms with E-state index >= 15 is 0 Å². The number of amides is 1. The first-order chi connectivity index (χ1) is 8.59. The Balaban J connectivity index is 3.00. The summed E-state index contributed by atoms with van der Waals surface area (Å²) in [6.45, 7) is 6.50. The molecule has 0 aliphatic rings. The van der Waals surface area contributed by atoms with E-state index in [1.165, 1.54) is 0 Å². The number of carbonyl (C=O) groups excluding carboxylic acids is 1. The third-order valence-corrected chi connectivity index (χ3v) is 3.97. The van der Waals surface area contributed by atoms with E-state index in [-0.39, 0.29) is 5.91 Å². The maximum atomic E-state index is 12.2. The molecule has 0 radical (unpaired) electrons. The van der Waals surface area contributed by atoms with Crippen LogP contribution < -0.4 is 5.32 Å². The first-order valence-corrected chi connectivity index (χ1v) is 6.28. The quantitative estimate of drug-likeness (QED) is 0.893. The Morgan fingerprint density at radius 3 is 2.16 bits per heavy atom. The van der Waals surface area contributed by atoms with E-state index in [0.29, 0.717) is 10.6 Å². The van der Waals surface area contributed by atoms with Crippen molar-refractivity contribution in [2.75, 3.05) is 0 Å². The van der Waals surface area contributed by atoms with Gasteiger partial charge in [-0.25, -0.2) is 0 Å². The van der Waals surface area contributed by atoms with Crippen LogP contribution in [0.1, 0.15) is 38.1 Å². The van der Waals surface area contributed by atoms with E-state index in [1.54, 1.807) is 52.0 Å². The van der Waals surface area contributed by atoms with Gasteiger partial charge in [0.05, 0.1) is 21.5 Å². The summed E-state index contributed by atoms with van der Waals surface area (Å²) in [6.07, 6.45) is 0. The number of benzene rings is 1. The monoisotopic (exact) mass is 283 g/mol. The van der Waals surface area contributed by atoms with Gasteiger partial charge in [0.25, 0.3) is 5.91 Å². The minimum absolute atomic E-state index is 0.332. The van der Waals surface area contributed by atoms with Gasteiger partial charge in [-0.15, -0.1) is 0 Å². The molecule has 0 unspecified atom stereocenters. The molecule has 104 valence electrons. The van der Waals surface area contributed by atoms with Gasteiger partial charge in [-0.2, -0.15) is 0 Å². The highest BCUT2D eigenvalue weighted by molar-refractivity contribution is 6.33. The summed E-state index contributed by atoms with van der Waals surface area (Å²) in [5, 5.41) is 12.3. The van der Waals surface area contributed by atoms with Gasteiger partial charge in [0.2, 0.25) is 0 Å². The molecule has 0 saturated heterocycles. The highest BCUT2D eigenvalue weighted by Gasteiger charge is 2.44. The van der Waals surface area contributed by atoms with E-state index in [0.717, 1.165) is 0 Å². The van der Waals surface area contributed by atoms with Crippen LogP contribution in [0.15, 0.2) is 24.3 Å². The smallest absolute Gasteiger partial charge is 0.311 e. The first-order valence-electron chi connectivity index (χ1n) is 5.90. The lowest BCUT2D eigenvalue weighted by Crippen LogP contribution is -2.57. The molecule has 0 spiro atoms. The number of rotatable bonds is 4. The van der Waals surface area contributed by atoms with Crippen molar-refractivity contribution in [3.8, 4) is 0 Å². The zero-order valence-corrected chi connectivity index (χ0v) is 12.2. The van der Waals surface area contributed by atoms with Gasteiger partial charge in [0.15, 0.2) is 0 Å². The van der Waals surface area contributed by atoms with Gasteiger partial charge in [0.1, 0.15) is 0 Å². The summed E-state index contributed by atoms with van der Waals surface area (Å²) >= 11 is 5.95. The zero-order valence-electron chi connectivity index (χ0n) is 11.5. The van der Waals surface area contributed by atoms with Crippen molar-refractivity contribution in [3.63, 3.8) is 0 Å². The van der Waals surface area contributed by atoms with Crippen molar-refractivity contribution in [1.82, 2.24) is 5.32 Å². The van der Waals surface area contributed by atoms with E-state index in [2.05, 4.69) is 5.32 Å². The van der Waals surface area contributed by atoms with Crippen LogP contribution in [-0.2, 0) is 4.79 Å². The largest absolute Gasteiger partial charge is 0.481 e. The summed E-state index contributed by atoms with van der Waals surface area (Å²) in [7, 11) is 0. The number of carbonyl (C=O) groups is 2. The van der Waals surface area contributed by atoms with Crippen LogP contribution in [0.25, 0.3) is 0 Å². The number of aliphatic carboxylic acids is 1. The van der Waals surface area contributed by atoms with Gasteiger partial charge in [-0.05, 0) is 39.8 Å². The summed E-state index contributed by atoms with van der Waals surface area (Å²) in [5.41, 5.74) is -1.70. The fourth-order valence-electron chi connectivity index (χ4n) is 1.42. The van der Waals surface area contributed by atoms with E-state index in [1.807, 2.05) is 0 Å². The predicted octanol–water partition coefficient (Wildman–Crippen LogP) is 2.96. The fourth-order valence-corrected chi connectivity index (χ4v) is 1.64. The molecule has 4 nitrogen and oxygen atoms in total. The zero-order chi connectivity index (χ0) is 14.8. The van der Waals surface area contributed by atoms with Crippen LogP contribution >= 0.6 is 11.6 Å². The average Bonchev–Trinajstić information content (AvgIpc) is 2.28. The molecule has 0 aliphatic carbocycles. The molecule has 1 amide bonds. The number of carboxylic acids is 1. The van der Waals surface area contributed by atoms with Crippen LogP contribution in [0.3, 0.4) is 0 Å². The molecule has 2 N–H and O–H groups in total. The summed E-state index contributed by atoms with van der Waals surface area (Å²) in [4.78, 5) is 23.4. The van der Waals surface area contributed by atoms with Crippen molar-refractivity contribution in [2.24, 2.45) is 5.41 Å². The molecular weight excluding hydrogens is 266 g/mol. The van der Waals surface area contributed by atoms with Crippen LogP contribution in [-0.4, -0.2) is 22.5 Å². The second kappa shape index (κ2) is 5.21. The van der Waals surface area contributed by atoms with Gasteiger partial charge >= 0.3 is 5.97 Å². The van der Waals surface area contributed by atoms with Gasteiger partial charge < -0.3 is 10.4 Å². The van der Waals surface area contributed by atoms with Gasteiger partial charge in [-0.3, -0.25) is 9.59 Å². The Kier molecular flexibility index (Phi) is 4.25. The Bertz CT molecular complexity index is 509. The number of carboxylic acid groups (broad SMARTS) is 1. The second-order valence-corrected chi connectivity index (χ2v) is 5.90. The minimum Gasteiger partial charge on any atom is -0.481 e. The van der Waals surface area contributed by atoms with E-state index < -0.39 is 16.9 Å². The summed E-state index contributed by atoms with van der Waals surface area (Å²) < 4.78 is 0.